The van der Waals surface area contributed by atoms with E-state index in [1.165, 1.54) is 0 Å². The first kappa shape index (κ1) is 40.0. The third kappa shape index (κ3) is 8.14. The molecule has 0 fully saturated rings. The molecule has 0 heterocycles. The van der Waals surface area contributed by atoms with E-state index in [-0.39, 0.29) is 16.5 Å². The molecule has 0 radical (unpaired) electrons. The minimum Gasteiger partial charge on any atom is -0.504 e. The van der Waals surface area contributed by atoms with Gasteiger partial charge in [-0.2, -0.15) is 0 Å². The summed E-state index contributed by atoms with van der Waals surface area (Å²) in [4.78, 5) is 38.7. The number of carbonyl (C=O) groups is 3. The first-order valence-corrected chi connectivity index (χ1v) is 16.3. The molecule has 3 aromatic carbocycles. The fraction of sp³-hybridized carbons (Fsp3) is 0.417. The van der Waals surface area contributed by atoms with Gasteiger partial charge in [0, 0.05) is 12.5 Å². The first-order valence-electron chi connectivity index (χ1n) is 15.9. The predicted octanol–water partition coefficient (Wildman–Crippen LogP) is 9.37. The van der Waals surface area contributed by atoms with Crippen LogP contribution in [0.4, 0.5) is 39.0 Å². The molecule has 0 spiro atoms. The van der Waals surface area contributed by atoms with E-state index in [2.05, 4.69) is 51.3 Å². The van der Waals surface area contributed by atoms with Crippen LogP contribution in [0.1, 0.15) is 96.6 Å². The van der Waals surface area contributed by atoms with Crippen molar-refractivity contribution in [1.29, 1.82) is 0 Å². The largest absolute Gasteiger partial charge is 0.504 e. The Labute approximate surface area is 292 Å². The molecule has 0 aliphatic heterocycles. The van der Waals surface area contributed by atoms with Crippen LogP contribution in [0.15, 0.2) is 24.3 Å². The zero-order valence-electron chi connectivity index (χ0n) is 29.2. The molecule has 8 nitrogen and oxygen atoms in total. The molecular weight excluding hydrogens is 685 g/mol. The third-order valence-corrected chi connectivity index (χ3v) is 9.16. The molecule has 0 saturated carbocycles. The van der Waals surface area contributed by atoms with Crippen molar-refractivity contribution in [3.63, 3.8) is 0 Å². The summed E-state index contributed by atoms with van der Waals surface area (Å²) >= 11 is 6.43. The van der Waals surface area contributed by atoms with Crippen LogP contribution in [0.5, 0.6) is 11.5 Å². The minimum absolute atomic E-state index is 0.121. The van der Waals surface area contributed by atoms with E-state index in [1.807, 2.05) is 24.4 Å². The molecule has 0 aliphatic carbocycles. The van der Waals surface area contributed by atoms with Crippen LogP contribution >= 0.6 is 11.6 Å². The Balaban J connectivity index is 2.06. The number of anilines is 3. The topological polar surface area (TPSA) is 117 Å². The zero-order chi connectivity index (χ0) is 38.0. The number of hydrogen-bond donors (Lipinski definition) is 4. The molecule has 3 rings (SSSR count). The van der Waals surface area contributed by atoms with Crippen molar-refractivity contribution in [2.24, 2.45) is 5.92 Å². The van der Waals surface area contributed by atoms with Gasteiger partial charge in [0.25, 0.3) is 11.8 Å². The van der Waals surface area contributed by atoms with Gasteiger partial charge in [0.2, 0.25) is 11.7 Å². The van der Waals surface area contributed by atoms with Crippen molar-refractivity contribution in [3.8, 4) is 11.5 Å². The number of phenolic OH excluding ortho intramolecular Hbond substituents is 1. The molecule has 14 heteroatoms. The van der Waals surface area contributed by atoms with E-state index in [9.17, 15) is 41.4 Å². The Hall–Kier alpha value is -4.39. The number of hydrogen-bond acceptors (Lipinski definition) is 5. The Kier molecular flexibility index (Phi) is 12.2. The number of rotatable bonds is 12. The van der Waals surface area contributed by atoms with E-state index < -0.39 is 86.5 Å². The molecule has 3 amide bonds. The van der Waals surface area contributed by atoms with Crippen molar-refractivity contribution >= 4 is 46.4 Å². The lowest BCUT2D eigenvalue weighted by Crippen LogP contribution is -2.38. The highest BCUT2D eigenvalue weighted by atomic mass is 35.5. The molecule has 4 N–H and O–H groups in total. The third-order valence-electron chi connectivity index (χ3n) is 8.86. The van der Waals surface area contributed by atoms with E-state index >= 15 is 0 Å². The number of ether oxygens (including phenoxy) is 1. The quantitative estimate of drug-likeness (QED) is 0.0643. The van der Waals surface area contributed by atoms with E-state index in [1.54, 1.807) is 13.8 Å². The van der Waals surface area contributed by atoms with E-state index in [4.69, 9.17) is 16.3 Å². The predicted molar refractivity (Wildman–Crippen MR) is 183 cm³/mol. The average Bonchev–Trinajstić information content (AvgIpc) is 3.05. The Morgan fingerprint density at radius 3 is 1.86 bits per heavy atom. The van der Waals surface area contributed by atoms with Gasteiger partial charge in [0.05, 0.1) is 16.4 Å². The summed E-state index contributed by atoms with van der Waals surface area (Å²) in [7, 11) is 0. The second-order valence-electron chi connectivity index (χ2n) is 13.5. The van der Waals surface area contributed by atoms with Crippen molar-refractivity contribution < 1.29 is 46.2 Å². The number of halogens is 6. The summed E-state index contributed by atoms with van der Waals surface area (Å²) in [6.45, 7) is 17.1. The van der Waals surface area contributed by atoms with E-state index in [0.717, 1.165) is 37.0 Å². The second kappa shape index (κ2) is 15.2. The lowest BCUT2D eigenvalue weighted by molar-refractivity contribution is -0.124. The second-order valence-corrected chi connectivity index (χ2v) is 13.9. The maximum Gasteiger partial charge on any atom is 0.265 e. The standard InChI is InChI=1S/C36H41ClF5N3O5/c1-10-35(6,7)18-12-13-22(19(14-18)36(8,9)11-2)50-32(16(3)4)34(49)45-29-20(37)15-21(31(47)30(29)43-17(5)46)44-33(48)23-24(38)26(40)28(42)27(41)25(23)39/h12-16,32,47H,10-11H2,1-9H3,(H,43,46)(H,44,48)(H,45,49). The van der Waals surface area contributed by atoms with Crippen LogP contribution in [0.3, 0.4) is 0 Å². The van der Waals surface area contributed by atoms with E-state index in [0.29, 0.717) is 5.75 Å². The Morgan fingerprint density at radius 1 is 0.820 bits per heavy atom. The van der Waals surface area contributed by atoms with Gasteiger partial charge < -0.3 is 25.8 Å². The number of benzene rings is 3. The lowest BCUT2D eigenvalue weighted by atomic mass is 9.76. The molecule has 1 unspecified atom stereocenters. The highest BCUT2D eigenvalue weighted by molar-refractivity contribution is 6.35. The summed E-state index contributed by atoms with van der Waals surface area (Å²) in [6.07, 6.45) is 0.517. The SMILES string of the molecule is CCC(C)(C)c1ccc(OC(C(=O)Nc2c(Cl)cc(NC(=O)c3c(F)c(F)c(F)c(F)c3F)c(O)c2NC(C)=O)C(C)C)c(C(C)(C)CC)c1. The maximum atomic E-state index is 14.3. The van der Waals surface area contributed by atoms with Crippen molar-refractivity contribution in [1.82, 2.24) is 0 Å². The summed E-state index contributed by atoms with van der Waals surface area (Å²) in [5, 5.41) is 17.3. The first-order chi connectivity index (χ1) is 23.1. The van der Waals surface area contributed by atoms with Crippen LogP contribution < -0.4 is 20.7 Å². The molecule has 0 bridgehead atoms. The normalized spacial score (nSPS) is 12.5. The molecule has 0 aliphatic rings. The summed E-state index contributed by atoms with van der Waals surface area (Å²) in [5.41, 5.74) is -1.85. The number of amides is 3. The number of aromatic hydroxyl groups is 1. The highest BCUT2D eigenvalue weighted by Gasteiger charge is 2.33. The molecule has 0 saturated heterocycles. The number of phenols is 1. The van der Waals surface area contributed by atoms with Crippen molar-refractivity contribution in [3.05, 3.63) is 75.1 Å². The average molecular weight is 726 g/mol. The van der Waals surface area contributed by atoms with Crippen molar-refractivity contribution in [2.45, 2.75) is 92.1 Å². The summed E-state index contributed by atoms with van der Waals surface area (Å²) < 4.78 is 76.0. The molecular formula is C36H41ClF5N3O5. The number of carbonyl (C=O) groups excluding carboxylic acids is 3. The zero-order valence-corrected chi connectivity index (χ0v) is 30.0. The van der Waals surface area contributed by atoms with Gasteiger partial charge in [-0.25, -0.2) is 22.0 Å². The Bertz CT molecular complexity index is 1800. The Morgan fingerprint density at radius 2 is 1.36 bits per heavy atom. The maximum absolute atomic E-state index is 14.3. The molecule has 1 atom stereocenters. The van der Waals surface area contributed by atoms with Gasteiger partial charge in [-0.3, -0.25) is 14.4 Å². The van der Waals surface area contributed by atoms with Crippen LogP contribution in [0, 0.1) is 35.0 Å². The fourth-order valence-corrected chi connectivity index (χ4v) is 5.20. The monoisotopic (exact) mass is 725 g/mol. The molecule has 0 aromatic heterocycles. The molecule has 272 valence electrons. The van der Waals surface area contributed by atoms with Gasteiger partial charge in [-0.15, -0.1) is 0 Å². The van der Waals surface area contributed by atoms with Gasteiger partial charge in [0.1, 0.15) is 17.0 Å². The molecule has 50 heavy (non-hydrogen) atoms. The van der Waals surface area contributed by atoms with Crippen LogP contribution in [-0.2, 0) is 20.4 Å². The van der Waals surface area contributed by atoms with Crippen LogP contribution in [0.2, 0.25) is 5.02 Å². The van der Waals surface area contributed by atoms with Gasteiger partial charge in [0.15, 0.2) is 35.1 Å². The van der Waals surface area contributed by atoms with Gasteiger partial charge in [-0.1, -0.05) is 79.1 Å². The number of nitrogens with one attached hydrogen (secondary N) is 3. The van der Waals surface area contributed by atoms with Crippen molar-refractivity contribution in [2.75, 3.05) is 16.0 Å². The summed E-state index contributed by atoms with van der Waals surface area (Å²) in [6, 6.07) is 6.71. The smallest absolute Gasteiger partial charge is 0.265 e. The van der Waals surface area contributed by atoms with Crippen LogP contribution in [-0.4, -0.2) is 28.9 Å². The molecule has 3 aromatic rings. The van der Waals surface area contributed by atoms with Gasteiger partial charge >= 0.3 is 0 Å². The van der Waals surface area contributed by atoms with Gasteiger partial charge in [-0.05, 0) is 47.3 Å². The minimum atomic E-state index is -2.47. The summed E-state index contributed by atoms with van der Waals surface area (Å²) in [5.74, 6) is -16.3. The van der Waals surface area contributed by atoms with Crippen LogP contribution in [0.25, 0.3) is 0 Å². The fourth-order valence-electron chi connectivity index (χ4n) is 4.94. The lowest BCUT2D eigenvalue weighted by Gasteiger charge is -2.32. The highest BCUT2D eigenvalue weighted by Crippen LogP contribution is 2.45.